The highest BCUT2D eigenvalue weighted by atomic mass is 35.5. The predicted octanol–water partition coefficient (Wildman–Crippen LogP) is 4.74. The van der Waals surface area contributed by atoms with Crippen LogP contribution in [0.2, 0.25) is 5.02 Å². The van der Waals surface area contributed by atoms with Gasteiger partial charge in [0.05, 0.1) is 20.3 Å². The van der Waals surface area contributed by atoms with Gasteiger partial charge in [0.25, 0.3) is 0 Å². The lowest BCUT2D eigenvalue weighted by Gasteiger charge is -2.29. The van der Waals surface area contributed by atoms with Gasteiger partial charge in [-0.3, -0.25) is 0 Å². The maximum atomic E-state index is 5.98. The summed E-state index contributed by atoms with van der Waals surface area (Å²) in [6.07, 6.45) is 2.29. The third-order valence-corrected chi connectivity index (χ3v) is 5.29. The molecule has 1 unspecified atom stereocenters. The van der Waals surface area contributed by atoms with Crippen molar-refractivity contribution in [3.8, 4) is 11.5 Å². The average molecular weight is 421 g/mol. The summed E-state index contributed by atoms with van der Waals surface area (Å²) >= 11 is 11.7. The van der Waals surface area contributed by atoms with E-state index in [1.165, 1.54) is 0 Å². The predicted molar refractivity (Wildman–Crippen MR) is 117 cm³/mol. The molecule has 1 saturated heterocycles. The lowest BCUT2D eigenvalue weighted by atomic mass is 10.1. The van der Waals surface area contributed by atoms with E-state index in [0.717, 1.165) is 36.4 Å². The van der Waals surface area contributed by atoms with Crippen LogP contribution in [0.25, 0.3) is 0 Å². The molecule has 0 aliphatic carbocycles. The van der Waals surface area contributed by atoms with Gasteiger partial charge in [-0.2, -0.15) is 0 Å². The molecule has 1 N–H and O–H groups in total. The molecule has 2 aromatic carbocycles. The fourth-order valence-electron chi connectivity index (χ4n) is 3.27. The number of ether oxygens (including phenoxy) is 3. The van der Waals surface area contributed by atoms with Crippen LogP contribution in [0, 0.1) is 0 Å². The minimum atomic E-state index is 0.168. The first-order chi connectivity index (χ1) is 13.6. The zero-order valence-corrected chi connectivity index (χ0v) is 17.7. The first-order valence-corrected chi connectivity index (χ1v) is 10.0. The maximum Gasteiger partial charge on any atom is 0.173 e. The SMILES string of the molecule is COc1cccc(CN(CC2CCCO2)C(=S)Nc2ccc(Cl)cc2)c1OC. The van der Waals surface area contributed by atoms with E-state index < -0.39 is 0 Å². The highest BCUT2D eigenvalue weighted by molar-refractivity contribution is 7.80. The third-order valence-electron chi connectivity index (χ3n) is 4.68. The summed E-state index contributed by atoms with van der Waals surface area (Å²) in [5, 5.41) is 4.62. The Balaban J connectivity index is 1.80. The molecule has 2 aromatic rings. The molecule has 0 aromatic heterocycles. The quantitative estimate of drug-likeness (QED) is 0.653. The van der Waals surface area contributed by atoms with Crippen LogP contribution in [0.15, 0.2) is 42.5 Å². The third kappa shape index (κ3) is 5.28. The van der Waals surface area contributed by atoms with Crippen molar-refractivity contribution in [3.63, 3.8) is 0 Å². The van der Waals surface area contributed by atoms with Crippen molar-refractivity contribution < 1.29 is 14.2 Å². The van der Waals surface area contributed by atoms with E-state index in [9.17, 15) is 0 Å². The minimum absolute atomic E-state index is 0.168. The topological polar surface area (TPSA) is 43.0 Å². The van der Waals surface area contributed by atoms with E-state index in [1.807, 2.05) is 42.5 Å². The molecule has 150 valence electrons. The number of thiocarbonyl (C=S) groups is 1. The molecule has 0 spiro atoms. The average Bonchev–Trinajstić information content (AvgIpc) is 3.22. The molecule has 0 amide bonds. The van der Waals surface area contributed by atoms with Crippen molar-refractivity contribution in [1.82, 2.24) is 4.90 Å². The number of para-hydroxylation sites is 1. The van der Waals surface area contributed by atoms with Crippen LogP contribution in [-0.4, -0.2) is 43.5 Å². The lowest BCUT2D eigenvalue weighted by Crippen LogP contribution is -2.39. The molecule has 0 saturated carbocycles. The Bertz CT molecular complexity index is 795. The number of benzene rings is 2. The smallest absolute Gasteiger partial charge is 0.173 e. The van der Waals surface area contributed by atoms with Gasteiger partial charge in [0.15, 0.2) is 16.6 Å². The summed E-state index contributed by atoms with van der Waals surface area (Å²) in [5.41, 5.74) is 1.89. The number of nitrogens with zero attached hydrogens (tertiary/aromatic N) is 1. The van der Waals surface area contributed by atoms with Gasteiger partial charge in [-0.25, -0.2) is 0 Å². The molecule has 1 fully saturated rings. The number of hydrogen-bond acceptors (Lipinski definition) is 4. The van der Waals surface area contributed by atoms with Crippen LogP contribution in [0.5, 0.6) is 11.5 Å². The van der Waals surface area contributed by atoms with Gasteiger partial charge in [-0.05, 0) is 55.4 Å². The summed E-state index contributed by atoms with van der Waals surface area (Å²) in [6, 6.07) is 13.3. The number of nitrogens with one attached hydrogen (secondary N) is 1. The van der Waals surface area contributed by atoms with Crippen molar-refractivity contribution in [2.45, 2.75) is 25.5 Å². The fraction of sp³-hybridized carbons (Fsp3) is 0.381. The molecule has 1 aliphatic rings. The van der Waals surface area contributed by atoms with Crippen LogP contribution in [0.1, 0.15) is 18.4 Å². The Morgan fingerprint density at radius 3 is 2.64 bits per heavy atom. The van der Waals surface area contributed by atoms with E-state index in [-0.39, 0.29) is 6.10 Å². The number of anilines is 1. The maximum absolute atomic E-state index is 5.98. The first-order valence-electron chi connectivity index (χ1n) is 9.23. The monoisotopic (exact) mass is 420 g/mol. The molecule has 0 radical (unpaired) electrons. The molecular weight excluding hydrogens is 396 g/mol. The molecule has 1 heterocycles. The number of hydrogen-bond donors (Lipinski definition) is 1. The normalized spacial score (nSPS) is 15.9. The number of methoxy groups -OCH3 is 2. The Hall–Kier alpha value is -2.02. The Morgan fingerprint density at radius 2 is 2.00 bits per heavy atom. The molecule has 3 rings (SSSR count). The molecule has 1 aliphatic heterocycles. The highest BCUT2D eigenvalue weighted by Crippen LogP contribution is 2.32. The first kappa shape index (κ1) is 20.7. The van der Waals surface area contributed by atoms with Crippen molar-refractivity contribution in [2.75, 3.05) is 32.7 Å². The van der Waals surface area contributed by atoms with Crippen molar-refractivity contribution in [1.29, 1.82) is 0 Å². The van der Waals surface area contributed by atoms with Gasteiger partial charge in [0.1, 0.15) is 0 Å². The Morgan fingerprint density at radius 1 is 1.21 bits per heavy atom. The molecule has 0 bridgehead atoms. The van der Waals surface area contributed by atoms with E-state index in [4.69, 9.17) is 38.0 Å². The van der Waals surface area contributed by atoms with Gasteiger partial charge in [0.2, 0.25) is 0 Å². The molecule has 28 heavy (non-hydrogen) atoms. The second-order valence-electron chi connectivity index (χ2n) is 6.61. The summed E-state index contributed by atoms with van der Waals surface area (Å²) in [4.78, 5) is 2.11. The largest absolute Gasteiger partial charge is 0.493 e. The highest BCUT2D eigenvalue weighted by Gasteiger charge is 2.23. The van der Waals surface area contributed by atoms with E-state index in [2.05, 4.69) is 10.2 Å². The van der Waals surface area contributed by atoms with E-state index in [1.54, 1.807) is 14.2 Å². The zero-order valence-electron chi connectivity index (χ0n) is 16.1. The van der Waals surface area contributed by atoms with Gasteiger partial charge in [-0.1, -0.05) is 23.7 Å². The fourth-order valence-corrected chi connectivity index (χ4v) is 3.66. The molecule has 5 nitrogen and oxygen atoms in total. The van der Waals surface area contributed by atoms with Crippen LogP contribution >= 0.6 is 23.8 Å². The van der Waals surface area contributed by atoms with Crippen molar-refractivity contribution >= 4 is 34.6 Å². The zero-order chi connectivity index (χ0) is 19.9. The van der Waals surface area contributed by atoms with E-state index >= 15 is 0 Å². The standard InChI is InChI=1S/C21H25ClN2O3S/c1-25-19-7-3-5-15(20(19)26-2)13-24(14-18-6-4-12-27-18)21(28)23-17-10-8-16(22)9-11-17/h3,5,7-11,18H,4,6,12-14H2,1-2H3,(H,23,28). The lowest BCUT2D eigenvalue weighted by molar-refractivity contribution is 0.0903. The van der Waals surface area contributed by atoms with Crippen molar-refractivity contribution in [2.24, 2.45) is 0 Å². The summed E-state index contributed by atoms with van der Waals surface area (Å²) in [7, 11) is 3.29. The van der Waals surface area contributed by atoms with Crippen LogP contribution in [0.3, 0.4) is 0 Å². The Labute approximate surface area is 176 Å². The number of halogens is 1. The van der Waals surface area contributed by atoms with Crippen molar-refractivity contribution in [3.05, 3.63) is 53.1 Å². The van der Waals surface area contributed by atoms with Crippen LogP contribution in [-0.2, 0) is 11.3 Å². The summed E-state index contributed by atoms with van der Waals surface area (Å²) in [6.45, 7) is 2.10. The molecule has 1 atom stereocenters. The van der Waals surface area contributed by atoms with Gasteiger partial charge >= 0.3 is 0 Å². The second-order valence-corrected chi connectivity index (χ2v) is 7.43. The molecule has 7 heteroatoms. The van der Waals surface area contributed by atoms with Crippen LogP contribution in [0.4, 0.5) is 5.69 Å². The minimum Gasteiger partial charge on any atom is -0.493 e. The summed E-state index contributed by atoms with van der Waals surface area (Å²) < 4.78 is 16.9. The van der Waals surface area contributed by atoms with Crippen LogP contribution < -0.4 is 14.8 Å². The van der Waals surface area contributed by atoms with Gasteiger partial charge in [-0.15, -0.1) is 0 Å². The molecular formula is C21H25ClN2O3S. The second kappa shape index (κ2) is 9.96. The summed E-state index contributed by atoms with van der Waals surface area (Å²) in [5.74, 6) is 1.42. The number of rotatable bonds is 7. The van der Waals surface area contributed by atoms with Gasteiger partial charge in [0, 0.05) is 36.0 Å². The van der Waals surface area contributed by atoms with E-state index in [0.29, 0.717) is 29.0 Å². The Kier molecular flexibility index (Phi) is 7.36. The van der Waals surface area contributed by atoms with Gasteiger partial charge < -0.3 is 24.4 Å².